The minimum atomic E-state index is -3.44. The summed E-state index contributed by atoms with van der Waals surface area (Å²) in [4.78, 5) is 0. The first-order valence-corrected chi connectivity index (χ1v) is 10.1. The van der Waals surface area contributed by atoms with Gasteiger partial charge >= 0.3 is 0 Å². The van der Waals surface area contributed by atoms with Crippen molar-refractivity contribution in [3.05, 3.63) is 70.6 Å². The lowest BCUT2D eigenvalue weighted by Gasteiger charge is -2.07. The van der Waals surface area contributed by atoms with E-state index in [-0.39, 0.29) is 12.3 Å². The first-order valence-electron chi connectivity index (χ1n) is 8.04. The first-order chi connectivity index (χ1) is 12.4. The van der Waals surface area contributed by atoms with Crippen LogP contribution >= 0.6 is 11.6 Å². The molecule has 0 aliphatic rings. The van der Waals surface area contributed by atoms with E-state index in [0.717, 1.165) is 11.1 Å². The Morgan fingerprint density at radius 2 is 1.81 bits per heavy atom. The van der Waals surface area contributed by atoms with Crippen LogP contribution in [0.15, 0.2) is 52.9 Å². The van der Waals surface area contributed by atoms with Gasteiger partial charge in [-0.3, -0.25) is 0 Å². The number of sulfonamides is 1. The van der Waals surface area contributed by atoms with Crippen LogP contribution in [-0.2, 0) is 22.2 Å². The predicted octanol–water partition coefficient (Wildman–Crippen LogP) is 3.36. The third kappa shape index (κ3) is 4.69. The van der Waals surface area contributed by atoms with Crippen LogP contribution in [0.3, 0.4) is 0 Å². The number of aryl methyl sites for hydroxylation is 1. The number of halogens is 1. The second-order valence-corrected chi connectivity index (χ2v) is 8.02. The second-order valence-electron chi connectivity index (χ2n) is 5.81. The molecule has 26 heavy (non-hydrogen) atoms. The maximum Gasteiger partial charge on any atom is 0.249 e. The van der Waals surface area contributed by atoms with Gasteiger partial charge in [-0.2, -0.15) is 0 Å². The number of rotatable bonds is 7. The molecule has 136 valence electrons. The van der Waals surface area contributed by atoms with Gasteiger partial charge in [-0.15, -0.1) is 10.2 Å². The van der Waals surface area contributed by atoms with Crippen LogP contribution in [-0.4, -0.2) is 25.2 Å². The molecule has 1 N–H and O–H groups in total. The zero-order chi connectivity index (χ0) is 18.6. The van der Waals surface area contributed by atoms with Crippen molar-refractivity contribution in [3.63, 3.8) is 0 Å². The summed E-state index contributed by atoms with van der Waals surface area (Å²) in [6.45, 7) is 2.07. The van der Waals surface area contributed by atoms with E-state index in [1.165, 1.54) is 0 Å². The molecule has 0 saturated heterocycles. The van der Waals surface area contributed by atoms with Gasteiger partial charge in [-0.05, 0) is 30.2 Å². The van der Waals surface area contributed by atoms with Crippen molar-refractivity contribution in [3.8, 4) is 11.5 Å². The summed E-state index contributed by atoms with van der Waals surface area (Å²) in [5, 5.41) is 8.42. The largest absolute Gasteiger partial charge is 0.421 e. The molecule has 2 aromatic carbocycles. The minimum absolute atomic E-state index is 0.0611. The number of hydrogen-bond acceptors (Lipinski definition) is 5. The van der Waals surface area contributed by atoms with E-state index in [1.54, 1.807) is 12.1 Å². The van der Waals surface area contributed by atoms with Crippen LogP contribution in [0.1, 0.15) is 17.0 Å². The van der Waals surface area contributed by atoms with Crippen LogP contribution in [0.4, 0.5) is 0 Å². The van der Waals surface area contributed by atoms with Gasteiger partial charge in [0.15, 0.2) is 0 Å². The average Bonchev–Trinajstić information content (AvgIpc) is 3.06. The molecule has 0 aliphatic heterocycles. The Morgan fingerprint density at radius 1 is 1.08 bits per heavy atom. The van der Waals surface area contributed by atoms with Crippen molar-refractivity contribution < 1.29 is 12.8 Å². The smallest absolute Gasteiger partial charge is 0.249 e. The first kappa shape index (κ1) is 18.6. The third-order valence-corrected chi connectivity index (χ3v) is 5.50. The van der Waals surface area contributed by atoms with Gasteiger partial charge in [0.2, 0.25) is 21.8 Å². The van der Waals surface area contributed by atoms with E-state index in [1.807, 2.05) is 43.3 Å². The molecule has 0 bridgehead atoms. The normalized spacial score (nSPS) is 11.6. The number of nitrogens with one attached hydrogen (secondary N) is 1. The van der Waals surface area contributed by atoms with Crippen LogP contribution in [0, 0.1) is 6.92 Å². The molecule has 3 rings (SSSR count). The van der Waals surface area contributed by atoms with Crippen LogP contribution in [0.25, 0.3) is 11.5 Å². The average molecular weight is 392 g/mol. The van der Waals surface area contributed by atoms with Crippen molar-refractivity contribution in [1.29, 1.82) is 0 Å². The fourth-order valence-electron chi connectivity index (χ4n) is 2.44. The minimum Gasteiger partial charge on any atom is -0.421 e. The zero-order valence-corrected chi connectivity index (χ0v) is 15.7. The van der Waals surface area contributed by atoms with Crippen LogP contribution < -0.4 is 4.72 Å². The predicted molar refractivity (Wildman–Crippen MR) is 100 cm³/mol. The molecule has 3 aromatic rings. The summed E-state index contributed by atoms with van der Waals surface area (Å²) in [6.07, 6.45) is 0.296. The molecule has 0 saturated carbocycles. The van der Waals surface area contributed by atoms with E-state index in [9.17, 15) is 8.42 Å². The summed E-state index contributed by atoms with van der Waals surface area (Å²) >= 11 is 6.10. The molecule has 0 spiro atoms. The lowest BCUT2D eigenvalue weighted by atomic mass is 10.1. The maximum absolute atomic E-state index is 12.2. The van der Waals surface area contributed by atoms with Gasteiger partial charge in [0.25, 0.3) is 0 Å². The number of hydrogen-bond donors (Lipinski definition) is 1. The summed E-state index contributed by atoms with van der Waals surface area (Å²) in [5.74, 6) is 0.598. The molecule has 1 heterocycles. The van der Waals surface area contributed by atoms with Crippen molar-refractivity contribution in [2.24, 2.45) is 0 Å². The maximum atomic E-state index is 12.2. The molecule has 0 amide bonds. The SMILES string of the molecule is Cc1ccccc1CS(=O)(=O)NCCc1nnc(-c2ccccc2Cl)o1. The molecule has 0 unspecified atom stereocenters. The topological polar surface area (TPSA) is 85.1 Å². The van der Waals surface area contributed by atoms with Gasteiger partial charge in [0, 0.05) is 13.0 Å². The second kappa shape index (κ2) is 7.99. The van der Waals surface area contributed by atoms with E-state index in [2.05, 4.69) is 14.9 Å². The number of benzene rings is 2. The van der Waals surface area contributed by atoms with E-state index in [0.29, 0.717) is 28.8 Å². The Hall–Kier alpha value is -2.22. The highest BCUT2D eigenvalue weighted by atomic mass is 35.5. The highest BCUT2D eigenvalue weighted by molar-refractivity contribution is 7.88. The van der Waals surface area contributed by atoms with E-state index in [4.69, 9.17) is 16.0 Å². The Bertz CT molecular complexity index is 1000. The van der Waals surface area contributed by atoms with Crippen LogP contribution in [0.5, 0.6) is 0 Å². The fourth-order valence-corrected chi connectivity index (χ4v) is 3.90. The molecule has 0 fully saturated rings. The fraction of sp³-hybridized carbons (Fsp3) is 0.222. The quantitative estimate of drug-likeness (QED) is 0.667. The molecular weight excluding hydrogens is 374 g/mol. The number of nitrogens with zero attached hydrogens (tertiary/aromatic N) is 2. The van der Waals surface area contributed by atoms with Crippen molar-refractivity contribution in [2.75, 3.05) is 6.54 Å². The van der Waals surface area contributed by atoms with Gasteiger partial charge in [-0.1, -0.05) is 48.0 Å². The van der Waals surface area contributed by atoms with Gasteiger partial charge in [-0.25, -0.2) is 13.1 Å². The summed E-state index contributed by atoms with van der Waals surface area (Å²) < 4.78 is 32.6. The Kier molecular flexibility index (Phi) is 5.70. The molecular formula is C18H18ClN3O3S. The molecule has 1 aromatic heterocycles. The zero-order valence-electron chi connectivity index (χ0n) is 14.1. The standard InChI is InChI=1S/C18H18ClN3O3S/c1-13-6-2-3-7-14(13)12-26(23,24)20-11-10-17-21-22-18(25-17)15-8-4-5-9-16(15)19/h2-9,20H,10-12H2,1H3. The Morgan fingerprint density at radius 3 is 2.58 bits per heavy atom. The van der Waals surface area contributed by atoms with Gasteiger partial charge < -0.3 is 4.42 Å². The molecule has 6 nitrogen and oxygen atoms in total. The van der Waals surface area contributed by atoms with Gasteiger partial charge in [0.1, 0.15) is 0 Å². The van der Waals surface area contributed by atoms with Crippen molar-refractivity contribution >= 4 is 21.6 Å². The van der Waals surface area contributed by atoms with E-state index >= 15 is 0 Å². The highest BCUT2D eigenvalue weighted by Gasteiger charge is 2.15. The van der Waals surface area contributed by atoms with Crippen molar-refractivity contribution in [1.82, 2.24) is 14.9 Å². The molecule has 8 heteroatoms. The lowest BCUT2D eigenvalue weighted by Crippen LogP contribution is -2.27. The van der Waals surface area contributed by atoms with Crippen molar-refractivity contribution in [2.45, 2.75) is 19.1 Å². The van der Waals surface area contributed by atoms with E-state index < -0.39 is 10.0 Å². The molecule has 0 aliphatic carbocycles. The monoisotopic (exact) mass is 391 g/mol. The third-order valence-electron chi connectivity index (χ3n) is 3.84. The summed E-state index contributed by atoms with van der Waals surface area (Å²) in [7, 11) is -3.44. The van der Waals surface area contributed by atoms with Gasteiger partial charge in [0.05, 0.1) is 16.3 Å². The Balaban J connectivity index is 1.58. The van der Waals surface area contributed by atoms with Crippen LogP contribution in [0.2, 0.25) is 5.02 Å². The lowest BCUT2D eigenvalue weighted by molar-refractivity contribution is 0.502. The summed E-state index contributed by atoms with van der Waals surface area (Å²) in [5.41, 5.74) is 2.37. The molecule has 0 atom stereocenters. The highest BCUT2D eigenvalue weighted by Crippen LogP contribution is 2.26. The Labute approximate surface area is 157 Å². The summed E-state index contributed by atoms with van der Waals surface area (Å²) in [6, 6.07) is 14.6. The number of aromatic nitrogens is 2. The molecule has 0 radical (unpaired) electrons.